The monoisotopic (exact) mass is 357 g/mol. The van der Waals surface area contributed by atoms with E-state index in [2.05, 4.69) is 4.90 Å². The van der Waals surface area contributed by atoms with Crippen molar-refractivity contribution in [2.75, 3.05) is 26.2 Å². The Morgan fingerprint density at radius 2 is 1.68 bits per heavy atom. The van der Waals surface area contributed by atoms with Gasteiger partial charge in [0.1, 0.15) is 12.4 Å². The van der Waals surface area contributed by atoms with E-state index >= 15 is 0 Å². The third kappa shape index (κ3) is 9.28. The molecule has 9 nitrogen and oxygen atoms in total. The van der Waals surface area contributed by atoms with Crippen LogP contribution in [0.3, 0.4) is 0 Å². The Hall–Kier alpha value is -2.65. The van der Waals surface area contributed by atoms with Crippen LogP contribution in [0, 0.1) is 5.92 Å². The van der Waals surface area contributed by atoms with Crippen LogP contribution in [0.4, 0.5) is 0 Å². The number of carbonyl (C=O) groups is 3. The maximum atomic E-state index is 10.9. The van der Waals surface area contributed by atoms with E-state index in [-0.39, 0.29) is 11.4 Å². The summed E-state index contributed by atoms with van der Waals surface area (Å²) in [6.07, 6.45) is 1.76. The average Bonchev–Trinajstić information content (AvgIpc) is 2.56. The molecule has 0 aliphatic carbocycles. The first-order valence-electron chi connectivity index (χ1n) is 7.49. The molecule has 1 heterocycles. The van der Waals surface area contributed by atoms with Crippen LogP contribution in [0.2, 0.25) is 0 Å². The lowest BCUT2D eigenvalue weighted by atomic mass is 9.98. The van der Waals surface area contributed by atoms with Gasteiger partial charge in [-0.3, -0.25) is 9.69 Å². The fourth-order valence-corrected chi connectivity index (χ4v) is 2.27. The van der Waals surface area contributed by atoms with E-state index in [1.807, 2.05) is 30.3 Å². The van der Waals surface area contributed by atoms with E-state index in [4.69, 9.17) is 29.6 Å². The molecular formula is C16H23NO8. The number of carboxylic acids is 3. The lowest BCUT2D eigenvalue weighted by Crippen LogP contribution is -2.40. The van der Waals surface area contributed by atoms with Crippen molar-refractivity contribution in [3.63, 3.8) is 0 Å². The Bertz CT molecular complexity index is 536. The zero-order valence-electron chi connectivity index (χ0n) is 13.6. The second kappa shape index (κ2) is 11.8. The highest BCUT2D eigenvalue weighted by molar-refractivity contribution is 6.27. The molecule has 0 amide bonds. The number of aliphatic carboxylic acids is 3. The van der Waals surface area contributed by atoms with Crippen molar-refractivity contribution in [3.05, 3.63) is 30.3 Å². The molecule has 0 aromatic heterocycles. The molecule has 1 aliphatic heterocycles. The molecule has 1 fully saturated rings. The van der Waals surface area contributed by atoms with Gasteiger partial charge in [-0.1, -0.05) is 18.2 Å². The lowest BCUT2D eigenvalue weighted by molar-refractivity contribution is -0.159. The van der Waals surface area contributed by atoms with Gasteiger partial charge in [-0.2, -0.15) is 0 Å². The second-order valence-electron chi connectivity index (χ2n) is 5.25. The van der Waals surface area contributed by atoms with Crippen molar-refractivity contribution in [2.24, 2.45) is 5.92 Å². The Morgan fingerprint density at radius 3 is 2.20 bits per heavy atom. The Morgan fingerprint density at radius 1 is 1.08 bits per heavy atom. The summed E-state index contributed by atoms with van der Waals surface area (Å²) >= 11 is 0. The summed E-state index contributed by atoms with van der Waals surface area (Å²) in [5.41, 5.74) is 0. The number of hydrogen-bond acceptors (Lipinski definition) is 5. The number of benzene rings is 1. The van der Waals surface area contributed by atoms with Crippen LogP contribution in [0.5, 0.6) is 5.75 Å². The van der Waals surface area contributed by atoms with Gasteiger partial charge in [0.05, 0.1) is 5.92 Å². The number of ether oxygens (including phenoxy) is 1. The first-order valence-corrected chi connectivity index (χ1v) is 7.49. The van der Waals surface area contributed by atoms with Crippen LogP contribution in [-0.2, 0) is 14.4 Å². The minimum absolute atomic E-state index is 0. The molecule has 0 radical (unpaired) electrons. The Balaban J connectivity index is 0.000000715. The highest BCUT2D eigenvalue weighted by Gasteiger charge is 2.24. The maximum absolute atomic E-state index is 10.9. The second-order valence-corrected chi connectivity index (χ2v) is 5.25. The van der Waals surface area contributed by atoms with Crippen molar-refractivity contribution in [1.29, 1.82) is 0 Å². The van der Waals surface area contributed by atoms with Gasteiger partial charge in [0.25, 0.3) is 0 Å². The standard InChI is InChI=1S/C14H19NO3.C2H2O4.H2O/c16-14(17)12-5-4-8-15(11-12)9-10-18-13-6-2-1-3-7-13;3-1(4)2(5)6;/h1-3,6-7,12H,4-5,8-11H2,(H,16,17);(H,3,4)(H,5,6);1H2. The first-order chi connectivity index (χ1) is 11.4. The SMILES string of the molecule is O.O=C(O)C(=O)O.O=C(O)C1CCCN(CCOc2ccccc2)C1. The van der Waals surface area contributed by atoms with Crippen LogP contribution >= 0.6 is 0 Å². The number of hydrogen-bond donors (Lipinski definition) is 3. The van der Waals surface area contributed by atoms with Gasteiger partial charge in [-0.25, -0.2) is 9.59 Å². The van der Waals surface area contributed by atoms with Crippen LogP contribution < -0.4 is 4.74 Å². The number of piperidine rings is 1. The quantitative estimate of drug-likeness (QED) is 0.631. The summed E-state index contributed by atoms with van der Waals surface area (Å²) in [7, 11) is 0. The van der Waals surface area contributed by atoms with Gasteiger partial charge in [0.2, 0.25) is 0 Å². The molecule has 0 spiro atoms. The molecule has 9 heteroatoms. The zero-order valence-corrected chi connectivity index (χ0v) is 13.6. The van der Waals surface area contributed by atoms with Crippen LogP contribution in [0.25, 0.3) is 0 Å². The first kappa shape index (κ1) is 22.4. The van der Waals surface area contributed by atoms with Crippen LogP contribution in [0.15, 0.2) is 30.3 Å². The molecule has 140 valence electrons. The molecule has 0 bridgehead atoms. The molecule has 5 N–H and O–H groups in total. The minimum atomic E-state index is -1.82. The fraction of sp³-hybridized carbons (Fsp3) is 0.438. The number of carboxylic acid groups (broad SMARTS) is 3. The predicted molar refractivity (Wildman–Crippen MR) is 87.6 cm³/mol. The summed E-state index contributed by atoms with van der Waals surface area (Å²) in [6, 6.07) is 9.69. The van der Waals surface area contributed by atoms with Gasteiger partial charge < -0.3 is 25.5 Å². The van der Waals surface area contributed by atoms with Gasteiger partial charge in [-0.05, 0) is 31.5 Å². The molecule has 1 saturated heterocycles. The molecule has 2 rings (SSSR count). The number of nitrogens with zero attached hydrogens (tertiary/aromatic N) is 1. The smallest absolute Gasteiger partial charge is 0.414 e. The van der Waals surface area contributed by atoms with E-state index in [1.165, 1.54) is 0 Å². The number of para-hydroxylation sites is 1. The summed E-state index contributed by atoms with van der Waals surface area (Å²) in [6.45, 7) is 3.02. The molecule has 1 aromatic carbocycles. The molecular weight excluding hydrogens is 334 g/mol. The topological polar surface area (TPSA) is 156 Å². The molecule has 1 aromatic rings. The molecule has 1 aliphatic rings. The largest absolute Gasteiger partial charge is 0.492 e. The minimum Gasteiger partial charge on any atom is -0.492 e. The summed E-state index contributed by atoms with van der Waals surface area (Å²) in [4.78, 5) is 31.3. The van der Waals surface area contributed by atoms with Gasteiger partial charge in [0, 0.05) is 13.1 Å². The van der Waals surface area contributed by atoms with Gasteiger partial charge in [0.15, 0.2) is 0 Å². The van der Waals surface area contributed by atoms with Crippen molar-refractivity contribution in [3.8, 4) is 5.75 Å². The normalized spacial score (nSPS) is 16.6. The highest BCUT2D eigenvalue weighted by Crippen LogP contribution is 2.16. The molecule has 25 heavy (non-hydrogen) atoms. The molecule has 1 unspecified atom stereocenters. The summed E-state index contributed by atoms with van der Waals surface area (Å²) in [5.74, 6) is -3.67. The number of likely N-dealkylation sites (tertiary alicyclic amines) is 1. The lowest BCUT2D eigenvalue weighted by Gasteiger charge is -2.30. The molecule has 1 atom stereocenters. The number of rotatable bonds is 5. The summed E-state index contributed by atoms with van der Waals surface area (Å²) in [5, 5.41) is 23.8. The van der Waals surface area contributed by atoms with E-state index in [1.54, 1.807) is 0 Å². The third-order valence-corrected chi connectivity index (χ3v) is 3.46. The Kier molecular flexibility index (Phi) is 10.6. The maximum Gasteiger partial charge on any atom is 0.414 e. The predicted octanol–water partition coefficient (Wildman–Crippen LogP) is 0.193. The van der Waals surface area contributed by atoms with Crippen LogP contribution in [0.1, 0.15) is 12.8 Å². The van der Waals surface area contributed by atoms with Gasteiger partial charge >= 0.3 is 17.9 Å². The van der Waals surface area contributed by atoms with Crippen molar-refractivity contribution >= 4 is 17.9 Å². The molecule has 0 saturated carbocycles. The van der Waals surface area contributed by atoms with Gasteiger partial charge in [-0.15, -0.1) is 0 Å². The average molecular weight is 357 g/mol. The van der Waals surface area contributed by atoms with E-state index in [0.717, 1.165) is 31.7 Å². The van der Waals surface area contributed by atoms with E-state index in [9.17, 15) is 4.79 Å². The fourth-order valence-electron chi connectivity index (χ4n) is 2.27. The summed E-state index contributed by atoms with van der Waals surface area (Å²) < 4.78 is 5.62. The van der Waals surface area contributed by atoms with Crippen LogP contribution in [-0.4, -0.2) is 69.8 Å². The van der Waals surface area contributed by atoms with E-state index in [0.29, 0.717) is 13.2 Å². The zero-order chi connectivity index (χ0) is 17.9. The highest BCUT2D eigenvalue weighted by atomic mass is 16.5. The van der Waals surface area contributed by atoms with Crippen molar-refractivity contribution in [2.45, 2.75) is 12.8 Å². The van der Waals surface area contributed by atoms with Crippen molar-refractivity contribution < 1.29 is 39.9 Å². The Labute approximate surface area is 144 Å². The third-order valence-electron chi connectivity index (χ3n) is 3.46. The van der Waals surface area contributed by atoms with E-state index < -0.39 is 17.9 Å². The van der Waals surface area contributed by atoms with Crippen molar-refractivity contribution in [1.82, 2.24) is 4.90 Å².